The number of alkyl halides is 3. The number of ether oxygens (including phenoxy) is 2. The maximum Gasteiger partial charge on any atom is 0.573 e. The van der Waals surface area contributed by atoms with Gasteiger partial charge in [0.15, 0.2) is 0 Å². The van der Waals surface area contributed by atoms with Gasteiger partial charge in [-0.15, -0.1) is 13.2 Å². The number of halogens is 4. The molecule has 2 aromatic carbocycles. The molecule has 0 bridgehead atoms. The van der Waals surface area contributed by atoms with Crippen LogP contribution >= 0.6 is 11.6 Å². The van der Waals surface area contributed by atoms with Gasteiger partial charge >= 0.3 is 12.3 Å². The zero-order valence-electron chi connectivity index (χ0n) is 19.7. The molecule has 0 aromatic heterocycles. The molecule has 0 aliphatic carbocycles. The van der Waals surface area contributed by atoms with Crippen molar-refractivity contribution in [3.05, 3.63) is 58.1 Å². The van der Waals surface area contributed by atoms with Gasteiger partial charge in [-0.2, -0.15) is 0 Å². The second-order valence-electron chi connectivity index (χ2n) is 9.61. The van der Waals surface area contributed by atoms with Crippen molar-refractivity contribution in [2.24, 2.45) is 5.92 Å². The zero-order valence-corrected chi connectivity index (χ0v) is 20.5. The summed E-state index contributed by atoms with van der Waals surface area (Å²) in [5.41, 5.74) is 2.11. The first-order chi connectivity index (χ1) is 16.4. The minimum Gasteiger partial charge on any atom is -0.487 e. The quantitative estimate of drug-likeness (QED) is 0.485. The van der Waals surface area contributed by atoms with Gasteiger partial charge in [-0.05, 0) is 74.4 Å². The Labute approximate surface area is 207 Å². The average Bonchev–Trinajstić information content (AvgIpc) is 2.79. The Morgan fingerprint density at radius 3 is 2.54 bits per heavy atom. The summed E-state index contributed by atoms with van der Waals surface area (Å²) in [5.74, 6) is -0.734. The minimum atomic E-state index is -4.78. The number of fused-ring (bicyclic) bond motifs is 1. The number of carboxylic acids is 1. The molecule has 2 unspecified atom stereocenters. The number of likely N-dealkylation sites (tertiary alicyclic amines) is 1. The summed E-state index contributed by atoms with van der Waals surface area (Å²) >= 11 is 6.09. The fourth-order valence-electron chi connectivity index (χ4n) is 5.05. The van der Waals surface area contributed by atoms with Gasteiger partial charge in [0.25, 0.3) is 0 Å². The fraction of sp³-hybridized carbons (Fsp3) is 0.500. The predicted molar refractivity (Wildman–Crippen MR) is 126 cm³/mol. The molecule has 4 rings (SSSR count). The number of benzene rings is 2. The summed E-state index contributed by atoms with van der Waals surface area (Å²) in [6.45, 7) is 4.86. The summed E-state index contributed by atoms with van der Waals surface area (Å²) < 4.78 is 49.5. The zero-order chi connectivity index (χ0) is 25.4. The Morgan fingerprint density at radius 1 is 1.17 bits per heavy atom. The molecule has 0 radical (unpaired) electrons. The van der Waals surface area contributed by atoms with Gasteiger partial charge in [0.05, 0.1) is 5.92 Å². The molecule has 9 heteroatoms. The number of aryl methyl sites for hydroxylation is 1. The van der Waals surface area contributed by atoms with Gasteiger partial charge < -0.3 is 14.6 Å². The first-order valence-corrected chi connectivity index (χ1v) is 12.2. The van der Waals surface area contributed by atoms with Crippen molar-refractivity contribution in [1.29, 1.82) is 0 Å². The van der Waals surface area contributed by atoms with Crippen molar-refractivity contribution < 1.29 is 32.5 Å². The van der Waals surface area contributed by atoms with E-state index >= 15 is 0 Å². The molecule has 5 nitrogen and oxygen atoms in total. The summed E-state index contributed by atoms with van der Waals surface area (Å²) in [4.78, 5) is 13.4. The number of hydrogen-bond donors (Lipinski definition) is 1. The van der Waals surface area contributed by atoms with Crippen molar-refractivity contribution in [2.75, 3.05) is 13.1 Å². The lowest BCUT2D eigenvalue weighted by molar-refractivity contribution is -0.275. The largest absolute Gasteiger partial charge is 0.573 e. The maximum atomic E-state index is 12.9. The number of nitrogens with zero attached hydrogens (tertiary/aromatic N) is 1. The van der Waals surface area contributed by atoms with E-state index in [1.165, 1.54) is 18.2 Å². The van der Waals surface area contributed by atoms with Crippen LogP contribution < -0.4 is 9.47 Å². The van der Waals surface area contributed by atoms with Crippen LogP contribution in [0, 0.1) is 5.92 Å². The molecule has 1 N–H and O–H groups in total. The molecule has 2 aliphatic heterocycles. The van der Waals surface area contributed by atoms with E-state index in [0.29, 0.717) is 30.1 Å². The normalized spacial score (nSPS) is 19.5. The van der Waals surface area contributed by atoms with Crippen LogP contribution in [-0.4, -0.2) is 41.0 Å². The molecule has 1 fully saturated rings. The molecule has 2 atom stereocenters. The molecule has 1 saturated heterocycles. The van der Waals surface area contributed by atoms with E-state index in [-0.39, 0.29) is 17.4 Å². The lowest BCUT2D eigenvalue weighted by Gasteiger charge is -2.46. The van der Waals surface area contributed by atoms with Crippen molar-refractivity contribution in [1.82, 2.24) is 4.90 Å². The SMILES string of the molecule is CC(Cc1ccc2c(c1)OC1(CC2)CCN(C(C)c2cc(Cl)ccc2OC(F)(F)F)CC1)C(=O)O. The standard InChI is InChI=1S/C26H29ClF3NO4/c1-16(24(32)33)13-18-3-4-19-7-8-25(34-23(19)14-18)9-11-31(12-10-25)17(2)21-15-20(27)5-6-22(21)35-26(28,29)30/h3-6,14-17H,7-13H2,1-2H3,(H,32,33). The lowest BCUT2D eigenvalue weighted by Crippen LogP contribution is -2.50. The molecule has 0 amide bonds. The molecule has 1 spiro atoms. The van der Waals surface area contributed by atoms with Crippen LogP contribution in [-0.2, 0) is 17.6 Å². The van der Waals surface area contributed by atoms with Crippen LogP contribution in [0.3, 0.4) is 0 Å². The Balaban J connectivity index is 1.45. The summed E-state index contributed by atoms with van der Waals surface area (Å²) in [6, 6.07) is 9.81. The van der Waals surface area contributed by atoms with Crippen molar-refractivity contribution in [3.63, 3.8) is 0 Å². The highest BCUT2D eigenvalue weighted by Crippen LogP contribution is 2.42. The Hall–Kier alpha value is -2.45. The maximum absolute atomic E-state index is 12.9. The highest BCUT2D eigenvalue weighted by Gasteiger charge is 2.41. The number of carbonyl (C=O) groups is 1. The molecular weight excluding hydrogens is 483 g/mol. The predicted octanol–water partition coefficient (Wildman–Crippen LogP) is 6.42. The third-order valence-electron chi connectivity index (χ3n) is 7.18. The van der Waals surface area contributed by atoms with Crippen LogP contribution in [0.15, 0.2) is 36.4 Å². The molecule has 35 heavy (non-hydrogen) atoms. The van der Waals surface area contributed by atoms with E-state index in [4.69, 9.17) is 16.3 Å². The van der Waals surface area contributed by atoms with E-state index in [1.807, 2.05) is 25.1 Å². The third-order valence-corrected chi connectivity index (χ3v) is 7.41. The number of piperidine rings is 1. The van der Waals surface area contributed by atoms with Gasteiger partial charge in [-0.3, -0.25) is 9.69 Å². The van der Waals surface area contributed by atoms with Gasteiger partial charge in [0.1, 0.15) is 17.1 Å². The van der Waals surface area contributed by atoms with Crippen molar-refractivity contribution in [2.45, 2.75) is 64.0 Å². The van der Waals surface area contributed by atoms with Gasteiger partial charge in [0.2, 0.25) is 0 Å². The highest BCUT2D eigenvalue weighted by atomic mass is 35.5. The molecule has 190 valence electrons. The Bertz CT molecular complexity index is 1080. The number of rotatable bonds is 6. The summed E-state index contributed by atoms with van der Waals surface area (Å²) in [5, 5.41) is 9.57. The van der Waals surface area contributed by atoms with Gasteiger partial charge in [0, 0.05) is 29.7 Å². The third kappa shape index (κ3) is 6.04. The Morgan fingerprint density at radius 2 is 1.89 bits per heavy atom. The lowest BCUT2D eigenvalue weighted by atomic mass is 9.82. The molecule has 0 saturated carbocycles. The molecule has 2 aliphatic rings. The van der Waals surface area contributed by atoms with E-state index in [2.05, 4.69) is 9.64 Å². The fourth-order valence-corrected chi connectivity index (χ4v) is 5.23. The van der Waals surface area contributed by atoms with Crippen LogP contribution in [0.1, 0.15) is 55.8 Å². The summed E-state index contributed by atoms with van der Waals surface area (Å²) in [6.07, 6.45) is -1.12. The van der Waals surface area contributed by atoms with Gasteiger partial charge in [-0.1, -0.05) is 30.7 Å². The van der Waals surface area contributed by atoms with Gasteiger partial charge in [-0.25, -0.2) is 0 Å². The number of aliphatic carboxylic acids is 1. The van der Waals surface area contributed by atoms with Crippen molar-refractivity contribution >= 4 is 17.6 Å². The number of hydrogen-bond acceptors (Lipinski definition) is 4. The summed E-state index contributed by atoms with van der Waals surface area (Å²) in [7, 11) is 0. The van der Waals surface area contributed by atoms with Crippen LogP contribution in [0.5, 0.6) is 11.5 Å². The average molecular weight is 512 g/mol. The molecule has 2 heterocycles. The second-order valence-corrected chi connectivity index (χ2v) is 10.0. The monoisotopic (exact) mass is 511 g/mol. The van der Waals surface area contributed by atoms with E-state index < -0.39 is 18.2 Å². The number of carboxylic acid groups (broad SMARTS) is 1. The first-order valence-electron chi connectivity index (χ1n) is 11.8. The highest BCUT2D eigenvalue weighted by molar-refractivity contribution is 6.30. The van der Waals surface area contributed by atoms with E-state index in [1.54, 1.807) is 6.92 Å². The minimum absolute atomic E-state index is 0.236. The van der Waals surface area contributed by atoms with E-state index in [0.717, 1.165) is 42.6 Å². The van der Waals surface area contributed by atoms with Crippen LogP contribution in [0.25, 0.3) is 0 Å². The Kier molecular flexibility index (Phi) is 7.25. The topological polar surface area (TPSA) is 59.0 Å². The van der Waals surface area contributed by atoms with Crippen molar-refractivity contribution in [3.8, 4) is 11.5 Å². The van der Waals surface area contributed by atoms with Crippen LogP contribution in [0.4, 0.5) is 13.2 Å². The smallest absolute Gasteiger partial charge is 0.487 e. The van der Waals surface area contributed by atoms with Crippen LogP contribution in [0.2, 0.25) is 5.02 Å². The second kappa shape index (κ2) is 9.90. The molecular formula is C26H29ClF3NO4. The van der Waals surface area contributed by atoms with E-state index in [9.17, 15) is 23.1 Å². The first kappa shape index (κ1) is 25.6. The molecule has 2 aromatic rings.